The Morgan fingerprint density at radius 1 is 1.29 bits per heavy atom. The third kappa shape index (κ3) is 8.10. The van der Waals surface area contributed by atoms with Crippen LogP contribution < -0.4 is 9.66 Å². The van der Waals surface area contributed by atoms with Gasteiger partial charge in [-0.3, -0.25) is 4.84 Å². The highest BCUT2D eigenvalue weighted by Gasteiger charge is 2.09. The van der Waals surface area contributed by atoms with E-state index < -0.39 is 16.6 Å². The average molecular weight is 321 g/mol. The smallest absolute Gasteiger partial charge is 0.448 e. The second kappa shape index (κ2) is 8.42. The lowest BCUT2D eigenvalue weighted by Gasteiger charge is -2.07. The van der Waals surface area contributed by atoms with E-state index in [-0.39, 0.29) is 12.4 Å². The Balaban J connectivity index is 2.31. The third-order valence-corrected chi connectivity index (χ3v) is 2.64. The van der Waals surface area contributed by atoms with Crippen LogP contribution in [0.4, 0.5) is 8.68 Å². The Labute approximate surface area is 122 Å². The predicted molar refractivity (Wildman–Crippen MR) is 71.3 cm³/mol. The number of unbranched alkanes of at least 4 members (excludes halogenated alkanes) is 1. The van der Waals surface area contributed by atoms with Crippen molar-refractivity contribution in [3.8, 4) is 5.75 Å². The molecular formula is C12H16FNO6S. The molecule has 0 aliphatic carbocycles. The van der Waals surface area contributed by atoms with E-state index in [1.807, 2.05) is 6.92 Å². The summed E-state index contributed by atoms with van der Waals surface area (Å²) >= 11 is 0. The molecule has 1 aromatic carbocycles. The van der Waals surface area contributed by atoms with Crippen LogP contribution in [0.25, 0.3) is 0 Å². The molecule has 0 radical (unpaired) electrons. The average Bonchev–Trinajstić information content (AvgIpc) is 2.39. The van der Waals surface area contributed by atoms with Crippen LogP contribution in [0.1, 0.15) is 25.3 Å². The molecule has 1 amide bonds. The molecule has 0 aliphatic rings. The number of hydrogen-bond acceptors (Lipinski definition) is 6. The van der Waals surface area contributed by atoms with Crippen LogP contribution in [-0.2, 0) is 26.7 Å². The number of nitrogens with one attached hydrogen (secondary N) is 1. The molecule has 0 saturated carbocycles. The van der Waals surface area contributed by atoms with E-state index in [0.717, 1.165) is 12.8 Å². The molecule has 0 atom stereocenters. The first-order valence-electron chi connectivity index (χ1n) is 6.18. The Morgan fingerprint density at radius 2 is 1.95 bits per heavy atom. The summed E-state index contributed by atoms with van der Waals surface area (Å²) in [5, 5.41) is 0. The van der Waals surface area contributed by atoms with E-state index in [1.165, 1.54) is 24.3 Å². The molecule has 0 unspecified atom stereocenters. The van der Waals surface area contributed by atoms with Crippen LogP contribution in [-0.4, -0.2) is 21.1 Å². The highest BCUT2D eigenvalue weighted by atomic mass is 32.3. The normalized spacial score (nSPS) is 11.0. The molecule has 1 rings (SSSR count). The third-order valence-electron chi connectivity index (χ3n) is 2.24. The Morgan fingerprint density at radius 3 is 2.52 bits per heavy atom. The first kappa shape index (κ1) is 17.2. The molecule has 118 valence electrons. The summed E-state index contributed by atoms with van der Waals surface area (Å²) in [6, 6.07) is 5.44. The molecule has 0 spiro atoms. The predicted octanol–water partition coefficient (Wildman–Crippen LogP) is 2.24. The molecule has 0 saturated heterocycles. The fourth-order valence-corrected chi connectivity index (χ4v) is 1.61. The molecule has 0 heterocycles. The maximum Gasteiger partial charge on any atom is 0.488 e. The fourth-order valence-electron chi connectivity index (χ4n) is 1.27. The lowest BCUT2D eigenvalue weighted by molar-refractivity contribution is 0.0181. The summed E-state index contributed by atoms with van der Waals surface area (Å²) in [7, 11) is -5.03. The van der Waals surface area contributed by atoms with Crippen molar-refractivity contribution in [2.75, 3.05) is 6.61 Å². The van der Waals surface area contributed by atoms with Crippen molar-refractivity contribution in [2.24, 2.45) is 0 Å². The first-order chi connectivity index (χ1) is 9.90. The number of halogens is 1. The zero-order chi connectivity index (χ0) is 15.7. The number of amides is 1. The minimum Gasteiger partial charge on any atom is -0.448 e. The van der Waals surface area contributed by atoms with Crippen molar-refractivity contribution in [3.05, 3.63) is 29.8 Å². The number of hydrogen-bond donors (Lipinski definition) is 1. The molecule has 0 aliphatic heterocycles. The first-order valence-corrected chi connectivity index (χ1v) is 7.49. The largest absolute Gasteiger partial charge is 0.488 e. The van der Waals surface area contributed by atoms with Crippen molar-refractivity contribution < 1.29 is 30.9 Å². The zero-order valence-corrected chi connectivity index (χ0v) is 12.2. The van der Waals surface area contributed by atoms with Gasteiger partial charge in [-0.25, -0.2) is 4.79 Å². The fraction of sp³-hybridized carbons (Fsp3) is 0.417. The number of ether oxygens (including phenoxy) is 1. The van der Waals surface area contributed by atoms with Gasteiger partial charge in [-0.1, -0.05) is 29.4 Å². The lowest BCUT2D eigenvalue weighted by atomic mass is 10.2. The molecule has 0 bridgehead atoms. The van der Waals surface area contributed by atoms with Crippen molar-refractivity contribution >= 4 is 16.6 Å². The van der Waals surface area contributed by atoms with Gasteiger partial charge in [0.05, 0.1) is 13.2 Å². The number of rotatable bonds is 8. The van der Waals surface area contributed by atoms with Gasteiger partial charge in [0.25, 0.3) is 0 Å². The maximum absolute atomic E-state index is 12.3. The van der Waals surface area contributed by atoms with Crippen LogP contribution >= 0.6 is 0 Å². The van der Waals surface area contributed by atoms with Crippen molar-refractivity contribution in [3.63, 3.8) is 0 Å². The van der Waals surface area contributed by atoms with Crippen molar-refractivity contribution in [1.82, 2.24) is 5.48 Å². The molecule has 0 aromatic heterocycles. The second-order valence-electron chi connectivity index (χ2n) is 4.00. The number of hydroxylamine groups is 1. The van der Waals surface area contributed by atoms with Crippen LogP contribution in [0.3, 0.4) is 0 Å². The molecule has 21 heavy (non-hydrogen) atoms. The van der Waals surface area contributed by atoms with Gasteiger partial charge in [-0.15, -0.1) is 0 Å². The topological polar surface area (TPSA) is 90.9 Å². The summed E-state index contributed by atoms with van der Waals surface area (Å²) < 4.78 is 41.6. The van der Waals surface area contributed by atoms with E-state index in [2.05, 4.69) is 9.66 Å². The van der Waals surface area contributed by atoms with Crippen LogP contribution in [0, 0.1) is 0 Å². The van der Waals surface area contributed by atoms with Gasteiger partial charge in [0.2, 0.25) is 0 Å². The lowest BCUT2D eigenvalue weighted by Crippen LogP contribution is -2.24. The highest BCUT2D eigenvalue weighted by Crippen LogP contribution is 2.15. The molecule has 7 nitrogen and oxygen atoms in total. The van der Waals surface area contributed by atoms with E-state index in [4.69, 9.17) is 9.57 Å². The summed E-state index contributed by atoms with van der Waals surface area (Å²) in [5.74, 6) is -0.159. The Kier molecular flexibility index (Phi) is 6.89. The number of benzene rings is 1. The van der Waals surface area contributed by atoms with E-state index in [9.17, 15) is 17.1 Å². The van der Waals surface area contributed by atoms with Crippen LogP contribution in [0.5, 0.6) is 5.75 Å². The quantitative estimate of drug-likeness (QED) is 0.448. The van der Waals surface area contributed by atoms with E-state index in [0.29, 0.717) is 12.2 Å². The summed E-state index contributed by atoms with van der Waals surface area (Å²) in [4.78, 5) is 16.0. The van der Waals surface area contributed by atoms with E-state index >= 15 is 0 Å². The molecule has 1 N–H and O–H groups in total. The SMILES string of the molecule is CCCCOC(=O)NOCc1ccc(OS(=O)(=O)F)cc1. The number of carbonyl (C=O) groups is 1. The summed E-state index contributed by atoms with van der Waals surface area (Å²) in [6.07, 6.45) is 0.996. The number of carbonyl (C=O) groups excluding carboxylic acids is 1. The van der Waals surface area contributed by atoms with Crippen molar-refractivity contribution in [2.45, 2.75) is 26.4 Å². The molecule has 1 aromatic rings. The molecule has 9 heteroatoms. The van der Waals surface area contributed by atoms with Gasteiger partial charge in [-0.05, 0) is 24.1 Å². The molecular weight excluding hydrogens is 305 g/mol. The van der Waals surface area contributed by atoms with Crippen LogP contribution in [0.15, 0.2) is 24.3 Å². The zero-order valence-electron chi connectivity index (χ0n) is 11.4. The summed E-state index contributed by atoms with van der Waals surface area (Å²) in [6.45, 7) is 2.32. The van der Waals surface area contributed by atoms with Gasteiger partial charge in [-0.2, -0.15) is 13.9 Å². The van der Waals surface area contributed by atoms with Crippen LogP contribution in [0.2, 0.25) is 0 Å². The minimum absolute atomic E-state index is 0.0333. The van der Waals surface area contributed by atoms with Gasteiger partial charge >= 0.3 is 16.6 Å². The molecule has 0 fully saturated rings. The van der Waals surface area contributed by atoms with Gasteiger partial charge < -0.3 is 8.92 Å². The van der Waals surface area contributed by atoms with E-state index in [1.54, 1.807) is 0 Å². The highest BCUT2D eigenvalue weighted by molar-refractivity contribution is 7.81. The standard InChI is InChI=1S/C12H16FNO6S/c1-2-3-8-18-12(15)14-19-9-10-4-6-11(7-5-10)20-21(13,16)17/h4-7H,2-3,8-9H2,1H3,(H,14,15). The van der Waals surface area contributed by atoms with Gasteiger partial charge in [0.1, 0.15) is 5.75 Å². The monoisotopic (exact) mass is 321 g/mol. The van der Waals surface area contributed by atoms with Crippen molar-refractivity contribution in [1.29, 1.82) is 0 Å². The minimum atomic E-state index is -5.03. The second-order valence-corrected chi connectivity index (χ2v) is 4.95. The summed E-state index contributed by atoms with van der Waals surface area (Å²) in [5.41, 5.74) is 2.71. The van der Waals surface area contributed by atoms with Gasteiger partial charge in [0, 0.05) is 0 Å². The Hall–Kier alpha value is -1.87. The van der Waals surface area contributed by atoms with Gasteiger partial charge in [0.15, 0.2) is 0 Å². The Bertz CT molecular complexity index is 545. The maximum atomic E-state index is 12.3.